The largest absolute Gasteiger partial charge is 0.405 e. The monoisotopic (exact) mass is 348 g/mol. The summed E-state index contributed by atoms with van der Waals surface area (Å²) in [5.74, 6) is -1.06. The molecule has 1 heterocycles. The molecule has 126 valence electrons. The van der Waals surface area contributed by atoms with Crippen LogP contribution in [0, 0.1) is 0 Å². The summed E-state index contributed by atoms with van der Waals surface area (Å²) < 4.78 is 36.5. The SMILES string of the molecule is O=C(NCC(F)(F)F)[C@H]1CCCN1C(=O)Cc1cccc(Cl)c1. The van der Waals surface area contributed by atoms with Gasteiger partial charge in [-0.1, -0.05) is 23.7 Å². The van der Waals surface area contributed by atoms with Gasteiger partial charge in [0.25, 0.3) is 0 Å². The summed E-state index contributed by atoms with van der Waals surface area (Å²) in [5.41, 5.74) is 0.698. The number of likely N-dealkylation sites (tertiary alicyclic amines) is 1. The number of alkyl halides is 3. The van der Waals surface area contributed by atoms with E-state index in [1.54, 1.807) is 24.3 Å². The third kappa shape index (κ3) is 5.13. The predicted octanol–water partition coefficient (Wildman–Crippen LogP) is 2.55. The lowest BCUT2D eigenvalue weighted by Gasteiger charge is -2.24. The number of amides is 2. The summed E-state index contributed by atoms with van der Waals surface area (Å²) in [4.78, 5) is 25.5. The fourth-order valence-corrected chi connectivity index (χ4v) is 2.78. The summed E-state index contributed by atoms with van der Waals surface area (Å²) in [7, 11) is 0. The Balaban J connectivity index is 1.97. The lowest BCUT2D eigenvalue weighted by molar-refractivity contribution is -0.144. The van der Waals surface area contributed by atoms with Crippen LogP contribution in [-0.2, 0) is 16.0 Å². The molecule has 1 saturated heterocycles. The van der Waals surface area contributed by atoms with E-state index in [9.17, 15) is 22.8 Å². The van der Waals surface area contributed by atoms with Crippen LogP contribution in [-0.4, -0.2) is 42.0 Å². The van der Waals surface area contributed by atoms with Gasteiger partial charge in [0.15, 0.2) is 0 Å². The third-order valence-corrected chi connectivity index (χ3v) is 3.82. The highest BCUT2D eigenvalue weighted by Gasteiger charge is 2.36. The van der Waals surface area contributed by atoms with Crippen LogP contribution >= 0.6 is 11.6 Å². The van der Waals surface area contributed by atoms with Crippen molar-refractivity contribution in [3.8, 4) is 0 Å². The van der Waals surface area contributed by atoms with Crippen LogP contribution in [0.25, 0.3) is 0 Å². The molecule has 0 aromatic heterocycles. The average molecular weight is 349 g/mol. The number of hydrogen-bond donors (Lipinski definition) is 1. The number of benzene rings is 1. The number of carbonyl (C=O) groups excluding carboxylic acids is 2. The zero-order chi connectivity index (χ0) is 17.0. The van der Waals surface area contributed by atoms with Crippen LogP contribution < -0.4 is 5.32 Å². The molecule has 0 radical (unpaired) electrons. The molecule has 1 aliphatic rings. The zero-order valence-corrected chi connectivity index (χ0v) is 13.0. The van der Waals surface area contributed by atoms with E-state index in [0.717, 1.165) is 0 Å². The summed E-state index contributed by atoms with van der Waals surface area (Å²) in [6.07, 6.45) is -3.45. The standard InChI is InChI=1S/C15H16ClF3N2O2/c16-11-4-1-3-10(7-11)8-13(22)21-6-2-5-12(21)14(23)20-9-15(17,18)19/h1,3-4,7,12H,2,5-6,8-9H2,(H,20,23)/t12-/m1/s1. The topological polar surface area (TPSA) is 49.4 Å². The van der Waals surface area contributed by atoms with Crippen LogP contribution in [0.1, 0.15) is 18.4 Å². The van der Waals surface area contributed by atoms with Crippen molar-refractivity contribution >= 4 is 23.4 Å². The maximum Gasteiger partial charge on any atom is 0.405 e. The Morgan fingerprint density at radius 3 is 2.74 bits per heavy atom. The maximum atomic E-state index is 12.3. The van der Waals surface area contributed by atoms with Gasteiger partial charge in [0.2, 0.25) is 11.8 Å². The molecular formula is C15H16ClF3N2O2. The smallest absolute Gasteiger partial charge is 0.345 e. The summed E-state index contributed by atoms with van der Waals surface area (Å²) >= 11 is 5.86. The van der Waals surface area contributed by atoms with Gasteiger partial charge in [-0.2, -0.15) is 13.2 Å². The lowest BCUT2D eigenvalue weighted by atomic mass is 10.1. The first-order valence-corrected chi connectivity index (χ1v) is 7.52. The van der Waals surface area contributed by atoms with Crippen molar-refractivity contribution < 1.29 is 22.8 Å². The van der Waals surface area contributed by atoms with Gasteiger partial charge >= 0.3 is 6.18 Å². The maximum absolute atomic E-state index is 12.3. The lowest BCUT2D eigenvalue weighted by Crippen LogP contribution is -2.48. The number of halogens is 4. The molecule has 1 N–H and O–H groups in total. The van der Waals surface area contributed by atoms with Gasteiger partial charge in [-0.05, 0) is 30.5 Å². The predicted molar refractivity (Wildman–Crippen MR) is 79.0 cm³/mol. The van der Waals surface area contributed by atoms with E-state index in [0.29, 0.717) is 30.0 Å². The number of nitrogens with one attached hydrogen (secondary N) is 1. The normalized spacial score (nSPS) is 18.1. The van der Waals surface area contributed by atoms with E-state index in [1.807, 2.05) is 5.32 Å². The Hall–Kier alpha value is -1.76. The van der Waals surface area contributed by atoms with Crippen molar-refractivity contribution in [3.63, 3.8) is 0 Å². The van der Waals surface area contributed by atoms with E-state index in [2.05, 4.69) is 0 Å². The molecule has 0 spiro atoms. The van der Waals surface area contributed by atoms with Crippen LogP contribution in [0.2, 0.25) is 5.02 Å². The summed E-state index contributed by atoms with van der Waals surface area (Å²) in [6.45, 7) is -1.03. The van der Waals surface area contributed by atoms with Crippen molar-refractivity contribution in [1.82, 2.24) is 10.2 Å². The molecule has 4 nitrogen and oxygen atoms in total. The minimum atomic E-state index is -4.47. The molecule has 1 fully saturated rings. The molecule has 0 aliphatic carbocycles. The summed E-state index contributed by atoms with van der Waals surface area (Å²) in [5, 5.41) is 2.34. The highest BCUT2D eigenvalue weighted by Crippen LogP contribution is 2.20. The van der Waals surface area contributed by atoms with Gasteiger partial charge in [0, 0.05) is 11.6 Å². The van der Waals surface area contributed by atoms with Crippen molar-refractivity contribution in [2.75, 3.05) is 13.1 Å². The molecular weight excluding hydrogens is 333 g/mol. The van der Waals surface area contributed by atoms with E-state index in [-0.39, 0.29) is 12.3 Å². The molecule has 1 aliphatic heterocycles. The van der Waals surface area contributed by atoms with Gasteiger partial charge < -0.3 is 10.2 Å². The molecule has 2 rings (SSSR count). The number of nitrogens with zero attached hydrogens (tertiary/aromatic N) is 1. The second kappa shape index (κ2) is 7.21. The first-order chi connectivity index (χ1) is 10.8. The molecule has 2 amide bonds. The Morgan fingerprint density at radius 2 is 2.09 bits per heavy atom. The third-order valence-electron chi connectivity index (χ3n) is 3.58. The van der Waals surface area contributed by atoms with E-state index < -0.39 is 24.7 Å². The van der Waals surface area contributed by atoms with Crippen molar-refractivity contribution in [3.05, 3.63) is 34.9 Å². The fourth-order valence-electron chi connectivity index (χ4n) is 2.57. The molecule has 0 unspecified atom stereocenters. The molecule has 1 aromatic carbocycles. The van der Waals surface area contributed by atoms with Crippen molar-refractivity contribution in [2.24, 2.45) is 0 Å². The minimum Gasteiger partial charge on any atom is -0.345 e. The van der Waals surface area contributed by atoms with E-state index >= 15 is 0 Å². The number of rotatable bonds is 4. The molecule has 1 aromatic rings. The Morgan fingerprint density at radius 1 is 1.35 bits per heavy atom. The first-order valence-electron chi connectivity index (χ1n) is 7.14. The quantitative estimate of drug-likeness (QED) is 0.909. The van der Waals surface area contributed by atoms with Crippen LogP contribution in [0.15, 0.2) is 24.3 Å². The molecule has 23 heavy (non-hydrogen) atoms. The molecule has 0 saturated carbocycles. The summed E-state index contributed by atoms with van der Waals surface area (Å²) in [6, 6.07) is 5.93. The zero-order valence-electron chi connectivity index (χ0n) is 12.2. The average Bonchev–Trinajstić information content (AvgIpc) is 2.93. The van der Waals surface area contributed by atoms with Gasteiger partial charge in [0.1, 0.15) is 12.6 Å². The highest BCUT2D eigenvalue weighted by molar-refractivity contribution is 6.30. The number of hydrogen-bond acceptors (Lipinski definition) is 2. The van der Waals surface area contributed by atoms with Crippen LogP contribution in [0.4, 0.5) is 13.2 Å². The Labute approximate surface area is 136 Å². The van der Waals surface area contributed by atoms with E-state index in [1.165, 1.54) is 4.90 Å². The molecule has 0 bridgehead atoms. The van der Waals surface area contributed by atoms with Crippen molar-refractivity contribution in [1.29, 1.82) is 0 Å². The van der Waals surface area contributed by atoms with Gasteiger partial charge in [-0.25, -0.2) is 0 Å². The molecule has 8 heteroatoms. The van der Waals surface area contributed by atoms with Crippen LogP contribution in [0.3, 0.4) is 0 Å². The van der Waals surface area contributed by atoms with Gasteiger partial charge in [-0.3, -0.25) is 9.59 Å². The van der Waals surface area contributed by atoms with Gasteiger partial charge in [0.05, 0.1) is 6.42 Å². The number of carbonyl (C=O) groups is 2. The fraction of sp³-hybridized carbons (Fsp3) is 0.467. The van der Waals surface area contributed by atoms with Crippen molar-refractivity contribution in [2.45, 2.75) is 31.5 Å². The minimum absolute atomic E-state index is 0.0591. The van der Waals surface area contributed by atoms with E-state index in [4.69, 9.17) is 11.6 Å². The second-order valence-corrected chi connectivity index (χ2v) is 5.82. The highest BCUT2D eigenvalue weighted by atomic mass is 35.5. The Kier molecular flexibility index (Phi) is 5.51. The Bertz CT molecular complexity index is 592. The van der Waals surface area contributed by atoms with Crippen LogP contribution in [0.5, 0.6) is 0 Å². The second-order valence-electron chi connectivity index (χ2n) is 5.38. The first kappa shape index (κ1) is 17.6. The molecule has 1 atom stereocenters. The van der Waals surface area contributed by atoms with Gasteiger partial charge in [-0.15, -0.1) is 0 Å².